The average molecular weight is 293 g/mol. The SMILES string of the molecule is CCc1ccsc1C(=O)Nc1ccc(C(=O)O)cc1F. The second kappa shape index (κ2) is 5.83. The molecule has 2 N–H and O–H groups in total. The third-order valence-electron chi connectivity index (χ3n) is 2.80. The van der Waals surface area contributed by atoms with Crippen LogP contribution in [0.4, 0.5) is 10.1 Å². The van der Waals surface area contributed by atoms with E-state index in [0.29, 0.717) is 11.3 Å². The number of amides is 1. The Bertz CT molecular complexity index is 666. The van der Waals surface area contributed by atoms with Gasteiger partial charge in [-0.2, -0.15) is 0 Å². The van der Waals surface area contributed by atoms with Crippen molar-refractivity contribution < 1.29 is 19.1 Å². The number of halogens is 1. The quantitative estimate of drug-likeness (QED) is 0.908. The van der Waals surface area contributed by atoms with E-state index in [2.05, 4.69) is 5.32 Å². The average Bonchev–Trinajstić information content (AvgIpc) is 2.89. The van der Waals surface area contributed by atoms with Crippen LogP contribution in [0.2, 0.25) is 0 Å². The second-order valence-corrected chi connectivity index (χ2v) is 5.00. The lowest BCUT2D eigenvalue weighted by Crippen LogP contribution is -2.13. The second-order valence-electron chi connectivity index (χ2n) is 4.08. The van der Waals surface area contributed by atoms with Crippen LogP contribution >= 0.6 is 11.3 Å². The molecule has 0 saturated heterocycles. The fourth-order valence-corrected chi connectivity index (χ4v) is 2.63. The molecule has 2 aromatic rings. The van der Waals surface area contributed by atoms with E-state index in [-0.39, 0.29) is 17.2 Å². The summed E-state index contributed by atoms with van der Waals surface area (Å²) in [5, 5.41) is 13.0. The third-order valence-corrected chi connectivity index (χ3v) is 3.75. The van der Waals surface area contributed by atoms with Crippen LogP contribution in [-0.2, 0) is 6.42 Å². The van der Waals surface area contributed by atoms with E-state index in [0.717, 1.165) is 11.6 Å². The summed E-state index contributed by atoms with van der Waals surface area (Å²) in [4.78, 5) is 23.3. The van der Waals surface area contributed by atoms with Crippen LogP contribution in [0.25, 0.3) is 0 Å². The highest BCUT2D eigenvalue weighted by molar-refractivity contribution is 7.12. The topological polar surface area (TPSA) is 66.4 Å². The Balaban J connectivity index is 2.22. The van der Waals surface area contributed by atoms with Crippen molar-refractivity contribution in [2.75, 3.05) is 5.32 Å². The summed E-state index contributed by atoms with van der Waals surface area (Å²) in [7, 11) is 0. The van der Waals surface area contributed by atoms with Crippen molar-refractivity contribution >= 4 is 28.9 Å². The van der Waals surface area contributed by atoms with Crippen LogP contribution in [0.5, 0.6) is 0 Å². The van der Waals surface area contributed by atoms with Crippen molar-refractivity contribution in [1.82, 2.24) is 0 Å². The molecule has 104 valence electrons. The molecule has 0 aliphatic carbocycles. The Kier molecular flexibility index (Phi) is 4.14. The number of thiophene rings is 1. The van der Waals surface area contributed by atoms with Crippen LogP contribution in [0.15, 0.2) is 29.6 Å². The normalized spacial score (nSPS) is 10.3. The van der Waals surface area contributed by atoms with Crippen LogP contribution in [-0.4, -0.2) is 17.0 Å². The third kappa shape index (κ3) is 2.85. The molecule has 0 saturated carbocycles. The summed E-state index contributed by atoms with van der Waals surface area (Å²) >= 11 is 1.29. The van der Waals surface area contributed by atoms with Gasteiger partial charge in [-0.05, 0) is 41.6 Å². The van der Waals surface area contributed by atoms with Gasteiger partial charge in [0.25, 0.3) is 5.91 Å². The largest absolute Gasteiger partial charge is 0.478 e. The van der Waals surface area contributed by atoms with Crippen molar-refractivity contribution in [3.8, 4) is 0 Å². The summed E-state index contributed by atoms with van der Waals surface area (Å²) < 4.78 is 13.7. The maximum Gasteiger partial charge on any atom is 0.335 e. The maximum absolute atomic E-state index is 13.7. The lowest BCUT2D eigenvalue weighted by atomic mass is 10.2. The number of aromatic carboxylic acids is 1. The van der Waals surface area contributed by atoms with E-state index in [9.17, 15) is 14.0 Å². The highest BCUT2D eigenvalue weighted by Gasteiger charge is 2.15. The number of aryl methyl sites for hydroxylation is 1. The summed E-state index contributed by atoms with van der Waals surface area (Å²) in [6, 6.07) is 5.22. The van der Waals surface area contributed by atoms with Crippen molar-refractivity contribution in [2.24, 2.45) is 0 Å². The molecule has 1 aromatic carbocycles. The van der Waals surface area contributed by atoms with Crippen LogP contribution in [0.1, 0.15) is 32.5 Å². The highest BCUT2D eigenvalue weighted by Crippen LogP contribution is 2.21. The molecule has 0 atom stereocenters. The first kappa shape index (κ1) is 14.2. The van der Waals surface area contributed by atoms with Gasteiger partial charge in [0, 0.05) is 0 Å². The molecule has 0 bridgehead atoms. The van der Waals surface area contributed by atoms with Gasteiger partial charge in [-0.15, -0.1) is 11.3 Å². The minimum Gasteiger partial charge on any atom is -0.478 e. The van der Waals surface area contributed by atoms with Gasteiger partial charge in [0.1, 0.15) is 5.82 Å². The molecule has 4 nitrogen and oxygen atoms in total. The number of benzene rings is 1. The number of hydrogen-bond acceptors (Lipinski definition) is 3. The molecule has 0 radical (unpaired) electrons. The predicted octanol–water partition coefficient (Wildman–Crippen LogP) is 3.40. The van der Waals surface area contributed by atoms with Crippen molar-refractivity contribution in [3.05, 3.63) is 51.5 Å². The number of anilines is 1. The summed E-state index contributed by atoms with van der Waals surface area (Å²) in [5.41, 5.74) is 0.705. The molecule has 0 aliphatic rings. The van der Waals surface area contributed by atoms with Crippen molar-refractivity contribution in [1.29, 1.82) is 0 Å². The number of carbonyl (C=O) groups is 2. The van der Waals surface area contributed by atoms with E-state index in [4.69, 9.17) is 5.11 Å². The van der Waals surface area contributed by atoms with Gasteiger partial charge in [0.15, 0.2) is 0 Å². The first-order valence-corrected chi connectivity index (χ1v) is 6.81. The number of carbonyl (C=O) groups excluding carboxylic acids is 1. The van der Waals surface area contributed by atoms with E-state index in [1.807, 2.05) is 13.0 Å². The zero-order valence-electron chi connectivity index (χ0n) is 10.6. The fraction of sp³-hybridized carbons (Fsp3) is 0.143. The summed E-state index contributed by atoms with van der Waals surface area (Å²) in [5.74, 6) is -2.38. The zero-order valence-corrected chi connectivity index (χ0v) is 11.5. The fourth-order valence-electron chi connectivity index (χ4n) is 1.74. The lowest BCUT2D eigenvalue weighted by Gasteiger charge is -2.07. The zero-order chi connectivity index (χ0) is 14.7. The highest BCUT2D eigenvalue weighted by atomic mass is 32.1. The van der Waals surface area contributed by atoms with Crippen LogP contribution in [0, 0.1) is 5.82 Å². The number of carboxylic acids is 1. The Morgan fingerprint density at radius 2 is 2.10 bits per heavy atom. The van der Waals surface area contributed by atoms with E-state index >= 15 is 0 Å². The van der Waals surface area contributed by atoms with Gasteiger partial charge in [-0.3, -0.25) is 4.79 Å². The van der Waals surface area contributed by atoms with Gasteiger partial charge in [-0.1, -0.05) is 6.92 Å². The molecule has 0 spiro atoms. The first-order chi connectivity index (χ1) is 9.52. The van der Waals surface area contributed by atoms with Crippen molar-refractivity contribution in [3.63, 3.8) is 0 Å². The Labute approximate surface area is 118 Å². The van der Waals surface area contributed by atoms with Crippen LogP contribution in [0.3, 0.4) is 0 Å². The van der Waals surface area contributed by atoms with Crippen LogP contribution < -0.4 is 5.32 Å². The molecule has 0 fully saturated rings. The molecule has 1 amide bonds. The van der Waals surface area contributed by atoms with E-state index in [1.165, 1.54) is 23.5 Å². The number of nitrogens with one attached hydrogen (secondary N) is 1. The van der Waals surface area contributed by atoms with Gasteiger partial charge >= 0.3 is 5.97 Å². The Morgan fingerprint density at radius 1 is 1.35 bits per heavy atom. The van der Waals surface area contributed by atoms with E-state index < -0.39 is 11.8 Å². The lowest BCUT2D eigenvalue weighted by molar-refractivity contribution is 0.0696. The van der Waals surface area contributed by atoms with Gasteiger partial charge in [0.2, 0.25) is 0 Å². The molecule has 20 heavy (non-hydrogen) atoms. The molecular formula is C14H12FNO3S. The standard InChI is InChI=1S/C14H12FNO3S/c1-2-8-5-6-20-12(8)13(17)16-11-4-3-9(14(18)19)7-10(11)15/h3-7H,2H2,1H3,(H,16,17)(H,18,19). The molecule has 6 heteroatoms. The first-order valence-electron chi connectivity index (χ1n) is 5.93. The van der Waals surface area contributed by atoms with Crippen molar-refractivity contribution in [2.45, 2.75) is 13.3 Å². The molecule has 1 heterocycles. The predicted molar refractivity (Wildman–Crippen MR) is 75.0 cm³/mol. The molecule has 2 rings (SSSR count). The number of carboxylic acid groups (broad SMARTS) is 1. The smallest absolute Gasteiger partial charge is 0.335 e. The summed E-state index contributed by atoms with van der Waals surface area (Å²) in [6.07, 6.45) is 0.715. The molecule has 0 aliphatic heterocycles. The monoisotopic (exact) mass is 293 g/mol. The van der Waals surface area contributed by atoms with Gasteiger partial charge < -0.3 is 10.4 Å². The minimum absolute atomic E-state index is 0.0320. The molecule has 0 unspecified atom stereocenters. The molecule has 1 aromatic heterocycles. The minimum atomic E-state index is -1.21. The number of rotatable bonds is 4. The van der Waals surface area contributed by atoms with Gasteiger partial charge in [0.05, 0.1) is 16.1 Å². The number of hydrogen-bond donors (Lipinski definition) is 2. The maximum atomic E-state index is 13.7. The molecular weight excluding hydrogens is 281 g/mol. The van der Waals surface area contributed by atoms with E-state index in [1.54, 1.807) is 5.38 Å². The Morgan fingerprint density at radius 3 is 2.70 bits per heavy atom. The van der Waals surface area contributed by atoms with Gasteiger partial charge in [-0.25, -0.2) is 9.18 Å². The Hall–Kier alpha value is -2.21. The summed E-state index contributed by atoms with van der Waals surface area (Å²) in [6.45, 7) is 1.93.